The van der Waals surface area contributed by atoms with Gasteiger partial charge in [-0.1, -0.05) is 130 Å². The van der Waals surface area contributed by atoms with Gasteiger partial charge >= 0.3 is 0 Å². The highest BCUT2D eigenvalue weighted by atomic mass is 15.0. The van der Waals surface area contributed by atoms with E-state index in [1.165, 1.54) is 144 Å². The van der Waals surface area contributed by atoms with E-state index in [2.05, 4.69) is 282 Å². The van der Waals surface area contributed by atoms with E-state index >= 15 is 0 Å². The molecule has 84 heavy (non-hydrogen) atoms. The number of aryl methyl sites for hydroxylation is 14. The first-order valence-corrected chi connectivity index (χ1v) is 29.6. The predicted octanol–water partition coefficient (Wildman–Crippen LogP) is 22.1. The van der Waals surface area contributed by atoms with Gasteiger partial charge in [0.25, 0.3) is 0 Å². The summed E-state index contributed by atoms with van der Waals surface area (Å²) in [5.74, 6) is 0. The molecule has 0 atom stereocenters. The van der Waals surface area contributed by atoms with Crippen LogP contribution in [0, 0.1) is 108 Å². The third-order valence-corrected chi connectivity index (χ3v) is 17.8. The van der Waals surface area contributed by atoms with Gasteiger partial charge in [0, 0.05) is 32.7 Å². The van der Waals surface area contributed by atoms with Crippen molar-refractivity contribution in [3.05, 3.63) is 259 Å². The zero-order chi connectivity index (χ0) is 58.7. The Balaban J connectivity index is 1.13. The zero-order valence-electron chi connectivity index (χ0n) is 51.1. The van der Waals surface area contributed by atoms with Crippen molar-refractivity contribution in [1.29, 1.82) is 5.26 Å². The summed E-state index contributed by atoms with van der Waals surface area (Å²) in [5.41, 5.74) is 38.9. The lowest BCUT2D eigenvalue weighted by molar-refractivity contribution is 1.16. The Morgan fingerprint density at radius 2 is 0.524 bits per heavy atom. The number of rotatable bonds is 8. The van der Waals surface area contributed by atoms with E-state index in [9.17, 15) is 5.26 Å². The number of hydrogen-bond donors (Lipinski definition) is 0. The smallest absolute Gasteiger partial charge is 0.0991 e. The van der Waals surface area contributed by atoms with Gasteiger partial charge in [-0.15, -0.1) is 0 Å². The predicted molar refractivity (Wildman–Crippen MR) is 359 cm³/mol. The van der Waals surface area contributed by atoms with Crippen LogP contribution in [0.5, 0.6) is 0 Å². The Kier molecular flexibility index (Phi) is 13.1. The first-order valence-electron chi connectivity index (χ1n) is 29.6. The summed E-state index contributed by atoms with van der Waals surface area (Å²) >= 11 is 0. The highest BCUT2D eigenvalue weighted by Gasteiger charge is 2.25. The molecule has 0 saturated carbocycles. The Labute approximate surface area is 495 Å². The minimum Gasteiger partial charge on any atom is -0.309 e. The van der Waals surface area contributed by atoms with Crippen molar-refractivity contribution in [1.82, 2.24) is 9.13 Å². The number of nitriles is 1. The Hall–Kier alpha value is -9.49. The van der Waals surface area contributed by atoms with Crippen molar-refractivity contribution in [3.8, 4) is 84.2 Å². The lowest BCUT2D eigenvalue weighted by atomic mass is 9.91. The largest absolute Gasteiger partial charge is 0.309 e. The van der Waals surface area contributed by atoms with Crippen LogP contribution < -0.4 is 0 Å². The maximum Gasteiger partial charge on any atom is 0.0991 e. The molecule has 13 rings (SSSR count). The summed E-state index contributed by atoms with van der Waals surface area (Å²) < 4.78 is 4.96. The molecular formula is C81H71N3. The lowest BCUT2D eigenvalue weighted by Crippen LogP contribution is -2.03. The molecule has 2 aromatic heterocycles. The molecule has 0 aliphatic rings. The number of fused-ring (bicyclic) bond motifs is 6. The highest BCUT2D eigenvalue weighted by molar-refractivity contribution is 6.14. The number of aromatic nitrogens is 2. The van der Waals surface area contributed by atoms with E-state index in [0.29, 0.717) is 5.56 Å². The number of nitrogens with zero attached hydrogens (tertiary/aromatic N) is 3. The summed E-state index contributed by atoms with van der Waals surface area (Å²) in [6.45, 7) is 31.0. The zero-order valence-corrected chi connectivity index (χ0v) is 51.1. The van der Waals surface area contributed by atoms with E-state index in [1.807, 2.05) is 6.07 Å². The van der Waals surface area contributed by atoms with Crippen molar-refractivity contribution in [2.45, 2.75) is 96.9 Å². The fraction of sp³-hybridized carbons (Fsp3) is 0.173. The standard InChI is InChI=1S/C81H71N3/c1-45-27-46(2)37-65(36-45)60-16-22-73(84-76-25-19-63(80-55(11)32-49(5)33-56(80)12)42-70(76)71-43-64(20-26-77(71)84)81-57(13)34-50(6)35-58(81)14)67(39-60)66-38-59(44-82)15-21-72(66)83-74-23-17-61(78-51(7)28-47(3)29-52(78)8)40-68(74)69-41-62(18-24-75(69)83)79-53(9)30-48(4)31-54(79)10/h15-43H,1-14H3. The SMILES string of the molecule is Cc1cc(C)cc(-c2ccc(-n3c4ccc(-c5c(C)cc(C)cc5C)cc4c4cc(-c5c(C)cc(C)cc5C)ccc43)c(-c3cc(C#N)ccc3-n3c4ccc(-c5c(C)cc(C)cc5C)cc4c4cc(-c5c(C)cc(C)cc5C)ccc43)c2)c1. The second kappa shape index (κ2) is 20.4. The van der Waals surface area contributed by atoms with Crippen LogP contribution in [0.25, 0.3) is 122 Å². The Bertz CT molecular complexity index is 4660. The second-order valence-corrected chi connectivity index (χ2v) is 24.6. The van der Waals surface area contributed by atoms with Crippen LogP contribution >= 0.6 is 0 Å². The van der Waals surface area contributed by atoms with Gasteiger partial charge in [0.2, 0.25) is 0 Å². The molecule has 3 nitrogen and oxygen atoms in total. The molecule has 0 spiro atoms. The first kappa shape index (κ1) is 53.8. The second-order valence-electron chi connectivity index (χ2n) is 24.6. The van der Waals surface area contributed by atoms with E-state index in [-0.39, 0.29) is 0 Å². The molecule has 0 radical (unpaired) electrons. The van der Waals surface area contributed by atoms with Gasteiger partial charge < -0.3 is 9.13 Å². The van der Waals surface area contributed by atoms with E-state index < -0.39 is 0 Å². The molecule has 3 heteroatoms. The summed E-state index contributed by atoms with van der Waals surface area (Å²) in [5, 5.41) is 15.7. The van der Waals surface area contributed by atoms with Crippen molar-refractivity contribution >= 4 is 43.6 Å². The molecule has 0 unspecified atom stereocenters. The molecule has 0 amide bonds. The monoisotopic (exact) mass is 1090 g/mol. The fourth-order valence-electron chi connectivity index (χ4n) is 15.0. The highest BCUT2D eigenvalue weighted by Crippen LogP contribution is 2.47. The molecule has 0 N–H and O–H groups in total. The third kappa shape index (κ3) is 9.04. The Morgan fingerprint density at radius 3 is 0.833 bits per heavy atom. The lowest BCUT2D eigenvalue weighted by Gasteiger charge is -2.20. The van der Waals surface area contributed by atoms with Gasteiger partial charge in [0.1, 0.15) is 0 Å². The van der Waals surface area contributed by atoms with Crippen LogP contribution in [-0.2, 0) is 0 Å². The van der Waals surface area contributed by atoms with Gasteiger partial charge in [-0.05, 0) is 276 Å². The van der Waals surface area contributed by atoms with Crippen molar-refractivity contribution in [2.75, 3.05) is 0 Å². The van der Waals surface area contributed by atoms with E-state index in [1.54, 1.807) is 0 Å². The van der Waals surface area contributed by atoms with Crippen LogP contribution in [-0.4, -0.2) is 9.13 Å². The third-order valence-electron chi connectivity index (χ3n) is 17.8. The van der Waals surface area contributed by atoms with E-state index in [4.69, 9.17) is 0 Å². The molecule has 2 heterocycles. The normalized spacial score (nSPS) is 11.7. The Morgan fingerprint density at radius 1 is 0.250 bits per heavy atom. The number of benzene rings is 11. The summed E-state index contributed by atoms with van der Waals surface area (Å²) in [7, 11) is 0. The molecule has 0 saturated heterocycles. The van der Waals surface area contributed by atoms with Gasteiger partial charge in [-0.3, -0.25) is 0 Å². The summed E-state index contributed by atoms with van der Waals surface area (Å²) in [6.07, 6.45) is 0. The van der Waals surface area contributed by atoms with Gasteiger partial charge in [-0.25, -0.2) is 0 Å². The molecule has 13 aromatic rings. The van der Waals surface area contributed by atoms with Crippen LogP contribution in [0.3, 0.4) is 0 Å². The van der Waals surface area contributed by atoms with Gasteiger partial charge in [0.15, 0.2) is 0 Å². The van der Waals surface area contributed by atoms with E-state index in [0.717, 1.165) is 55.7 Å². The van der Waals surface area contributed by atoms with Gasteiger partial charge in [-0.2, -0.15) is 5.26 Å². The molecule has 0 bridgehead atoms. The summed E-state index contributed by atoms with van der Waals surface area (Å²) in [6, 6.07) is 69.5. The number of hydrogen-bond acceptors (Lipinski definition) is 1. The molecular weight excluding hydrogens is 1010 g/mol. The van der Waals surface area contributed by atoms with Crippen LogP contribution in [0.15, 0.2) is 176 Å². The first-order chi connectivity index (χ1) is 40.3. The quantitative estimate of drug-likeness (QED) is 0.149. The van der Waals surface area contributed by atoms with Crippen molar-refractivity contribution < 1.29 is 0 Å². The minimum absolute atomic E-state index is 0.599. The van der Waals surface area contributed by atoms with Gasteiger partial charge in [0.05, 0.1) is 45.1 Å². The van der Waals surface area contributed by atoms with Crippen LogP contribution in [0.4, 0.5) is 0 Å². The molecule has 0 aliphatic carbocycles. The molecule has 0 fully saturated rings. The topological polar surface area (TPSA) is 33.6 Å². The van der Waals surface area contributed by atoms with Crippen LogP contribution in [0.1, 0.15) is 83.5 Å². The molecule has 11 aromatic carbocycles. The average molecular weight is 1090 g/mol. The average Bonchev–Trinajstić information content (AvgIpc) is 1.67. The molecule has 0 aliphatic heterocycles. The summed E-state index contributed by atoms with van der Waals surface area (Å²) in [4.78, 5) is 0. The minimum atomic E-state index is 0.599. The van der Waals surface area contributed by atoms with Crippen molar-refractivity contribution in [2.24, 2.45) is 0 Å². The fourth-order valence-corrected chi connectivity index (χ4v) is 15.0. The maximum absolute atomic E-state index is 11.0. The van der Waals surface area contributed by atoms with Crippen molar-refractivity contribution in [3.63, 3.8) is 0 Å². The maximum atomic E-state index is 11.0. The van der Waals surface area contributed by atoms with Crippen LogP contribution in [0.2, 0.25) is 0 Å². The molecule has 410 valence electrons.